The molecule has 184 valence electrons. The first-order valence-electron chi connectivity index (χ1n) is 11.2. The molecule has 2 N–H and O–H groups in total. The van der Waals surface area contributed by atoms with Crippen molar-refractivity contribution < 1.29 is 13.2 Å². The highest BCUT2D eigenvalue weighted by atomic mass is 32.2. The van der Waals surface area contributed by atoms with E-state index in [0.717, 1.165) is 34.8 Å². The molecule has 0 aliphatic carbocycles. The van der Waals surface area contributed by atoms with E-state index in [2.05, 4.69) is 25.7 Å². The molecule has 1 aliphatic heterocycles. The van der Waals surface area contributed by atoms with Crippen LogP contribution >= 0.6 is 12.2 Å². The van der Waals surface area contributed by atoms with Crippen LogP contribution in [0.5, 0.6) is 5.75 Å². The molecule has 36 heavy (non-hydrogen) atoms. The lowest BCUT2D eigenvalue weighted by Crippen LogP contribution is -2.30. The molecule has 0 unspecified atom stereocenters. The van der Waals surface area contributed by atoms with Crippen molar-refractivity contribution in [3.63, 3.8) is 0 Å². The van der Waals surface area contributed by atoms with Crippen LogP contribution in [0.2, 0.25) is 0 Å². The number of pyridine rings is 1. The van der Waals surface area contributed by atoms with Crippen LogP contribution in [0.15, 0.2) is 91.3 Å². The fourth-order valence-electron chi connectivity index (χ4n) is 4.45. The number of anilines is 2. The quantitative estimate of drug-likeness (QED) is 0.349. The molecular formula is C26H25N5O3S2. The highest BCUT2D eigenvalue weighted by Gasteiger charge is 2.42. The summed E-state index contributed by atoms with van der Waals surface area (Å²) in [7, 11) is -1.73. The van der Waals surface area contributed by atoms with Crippen LogP contribution in [0, 0.1) is 0 Å². The minimum Gasteiger partial charge on any atom is -0.497 e. The van der Waals surface area contributed by atoms with Crippen LogP contribution in [0.1, 0.15) is 23.5 Å². The number of benzene rings is 2. The average Bonchev–Trinajstić information content (AvgIpc) is 3.48. The van der Waals surface area contributed by atoms with Gasteiger partial charge in [-0.15, -0.1) is 0 Å². The van der Waals surface area contributed by atoms with Crippen LogP contribution in [-0.4, -0.2) is 36.4 Å². The van der Waals surface area contributed by atoms with Crippen molar-refractivity contribution in [1.29, 1.82) is 0 Å². The summed E-state index contributed by atoms with van der Waals surface area (Å²) in [5.41, 5.74) is 4.18. The molecule has 2 aromatic heterocycles. The molecule has 0 radical (unpaired) electrons. The Bertz CT molecular complexity index is 1470. The Kier molecular flexibility index (Phi) is 6.38. The maximum absolute atomic E-state index is 11.6. The molecule has 10 heteroatoms. The number of rotatable bonds is 7. The Hall–Kier alpha value is -3.89. The maximum atomic E-state index is 11.6. The Balaban J connectivity index is 1.59. The van der Waals surface area contributed by atoms with E-state index in [1.54, 1.807) is 25.4 Å². The van der Waals surface area contributed by atoms with E-state index >= 15 is 0 Å². The van der Waals surface area contributed by atoms with Gasteiger partial charge in [-0.1, -0.05) is 6.07 Å². The predicted octanol–water partition coefficient (Wildman–Crippen LogP) is 4.43. The summed E-state index contributed by atoms with van der Waals surface area (Å²) < 4.78 is 33.2. The summed E-state index contributed by atoms with van der Waals surface area (Å²) in [5, 5.41) is 4.01. The number of hydrogen-bond donors (Lipinski definition) is 2. The van der Waals surface area contributed by atoms with Gasteiger partial charge in [0.1, 0.15) is 11.8 Å². The summed E-state index contributed by atoms with van der Waals surface area (Å²) in [6.07, 6.45) is 4.92. The third-order valence-electron chi connectivity index (χ3n) is 5.98. The molecule has 0 amide bonds. The van der Waals surface area contributed by atoms with Gasteiger partial charge in [0.2, 0.25) is 10.0 Å². The van der Waals surface area contributed by atoms with Gasteiger partial charge in [0.05, 0.1) is 25.1 Å². The number of thiocarbonyl (C=S) groups is 1. The van der Waals surface area contributed by atoms with Gasteiger partial charge in [-0.2, -0.15) is 0 Å². The predicted molar refractivity (Wildman–Crippen MR) is 145 cm³/mol. The largest absolute Gasteiger partial charge is 0.497 e. The summed E-state index contributed by atoms with van der Waals surface area (Å²) in [6.45, 7) is 0. The minimum atomic E-state index is -3.37. The Labute approximate surface area is 215 Å². The third-order valence-corrected chi connectivity index (χ3v) is 6.90. The molecule has 0 spiro atoms. The standard InChI is InChI=1S/C26H25N5O3S2/c1-34-21-14-12-19(13-15-21)30-17-5-7-23(30)25-24(22-6-3-4-16-27-22)28-26(35)31(25)20-10-8-18(9-11-20)29-36(2,32)33/h3-17,24-25,29H,1-2H3,(H,28,35)/t24-,25+/m1/s1. The van der Waals surface area contributed by atoms with Crippen molar-refractivity contribution in [2.45, 2.75) is 12.1 Å². The van der Waals surface area contributed by atoms with E-state index < -0.39 is 10.0 Å². The van der Waals surface area contributed by atoms with Crippen LogP contribution in [-0.2, 0) is 10.0 Å². The summed E-state index contributed by atoms with van der Waals surface area (Å²) in [4.78, 5) is 6.66. The number of sulfonamides is 1. The van der Waals surface area contributed by atoms with Gasteiger partial charge >= 0.3 is 0 Å². The lowest BCUT2D eigenvalue weighted by molar-refractivity contribution is 0.414. The molecule has 2 aromatic carbocycles. The molecule has 2 atom stereocenters. The number of methoxy groups -OCH3 is 1. The second-order valence-electron chi connectivity index (χ2n) is 8.42. The molecule has 0 bridgehead atoms. The normalized spacial score (nSPS) is 17.6. The minimum absolute atomic E-state index is 0.209. The fraction of sp³-hybridized carbons (Fsp3) is 0.154. The molecule has 1 fully saturated rings. The zero-order chi connectivity index (χ0) is 25.3. The monoisotopic (exact) mass is 519 g/mol. The first kappa shape index (κ1) is 23.8. The first-order valence-corrected chi connectivity index (χ1v) is 13.5. The lowest BCUT2D eigenvalue weighted by atomic mass is 10.0. The van der Waals surface area contributed by atoms with Gasteiger partial charge in [-0.3, -0.25) is 9.71 Å². The van der Waals surface area contributed by atoms with E-state index in [9.17, 15) is 8.42 Å². The van der Waals surface area contributed by atoms with Gasteiger partial charge in [0.25, 0.3) is 0 Å². The zero-order valence-electron chi connectivity index (χ0n) is 19.7. The van der Waals surface area contributed by atoms with Crippen molar-refractivity contribution in [3.05, 3.63) is 103 Å². The second kappa shape index (κ2) is 9.63. The number of ether oxygens (including phenoxy) is 1. The molecular weight excluding hydrogens is 494 g/mol. The highest BCUT2D eigenvalue weighted by Crippen LogP contribution is 2.42. The Morgan fingerprint density at radius 2 is 1.69 bits per heavy atom. The van der Waals surface area contributed by atoms with E-state index in [0.29, 0.717) is 10.8 Å². The molecule has 0 saturated carbocycles. The van der Waals surface area contributed by atoms with E-state index in [4.69, 9.17) is 17.0 Å². The Morgan fingerprint density at radius 1 is 0.972 bits per heavy atom. The molecule has 3 heterocycles. The Morgan fingerprint density at radius 3 is 2.33 bits per heavy atom. The average molecular weight is 520 g/mol. The van der Waals surface area contributed by atoms with Gasteiger partial charge in [-0.25, -0.2) is 8.42 Å². The number of nitrogens with zero attached hydrogens (tertiary/aromatic N) is 3. The zero-order valence-corrected chi connectivity index (χ0v) is 21.3. The van der Waals surface area contributed by atoms with Crippen LogP contribution < -0.4 is 19.7 Å². The van der Waals surface area contributed by atoms with Crippen molar-refractivity contribution >= 4 is 38.7 Å². The SMILES string of the molecule is COc1ccc(-n2cccc2[C@H]2[C@@H](c3ccccn3)NC(=S)N2c2ccc(NS(C)(=O)=O)cc2)cc1. The van der Waals surface area contributed by atoms with Gasteiger partial charge in [-0.05, 0) is 85.0 Å². The van der Waals surface area contributed by atoms with Crippen LogP contribution in [0.4, 0.5) is 11.4 Å². The molecule has 5 rings (SSSR count). The summed E-state index contributed by atoms with van der Waals surface area (Å²) in [6, 6.07) is 24.5. The van der Waals surface area contributed by atoms with Crippen LogP contribution in [0.3, 0.4) is 0 Å². The van der Waals surface area contributed by atoms with Crippen molar-refractivity contribution in [3.8, 4) is 11.4 Å². The second-order valence-corrected chi connectivity index (χ2v) is 10.6. The maximum Gasteiger partial charge on any atom is 0.229 e. The van der Waals surface area contributed by atoms with Gasteiger partial charge in [0.15, 0.2) is 5.11 Å². The number of aromatic nitrogens is 2. The smallest absolute Gasteiger partial charge is 0.229 e. The topological polar surface area (TPSA) is 88.5 Å². The number of hydrogen-bond acceptors (Lipinski definition) is 5. The highest BCUT2D eigenvalue weighted by molar-refractivity contribution is 7.92. The fourth-order valence-corrected chi connectivity index (χ4v) is 5.36. The summed E-state index contributed by atoms with van der Waals surface area (Å²) >= 11 is 5.81. The number of nitrogens with one attached hydrogen (secondary N) is 2. The van der Waals surface area contributed by atoms with Crippen molar-refractivity contribution in [2.24, 2.45) is 0 Å². The molecule has 4 aromatic rings. The van der Waals surface area contributed by atoms with Gasteiger partial charge in [0, 0.05) is 35.1 Å². The lowest BCUT2D eigenvalue weighted by Gasteiger charge is -2.29. The van der Waals surface area contributed by atoms with E-state index in [-0.39, 0.29) is 12.1 Å². The van der Waals surface area contributed by atoms with E-state index in [1.165, 1.54) is 0 Å². The van der Waals surface area contributed by atoms with Gasteiger partial charge < -0.3 is 19.5 Å². The molecule has 1 saturated heterocycles. The van der Waals surface area contributed by atoms with Crippen molar-refractivity contribution in [2.75, 3.05) is 23.0 Å². The van der Waals surface area contributed by atoms with Crippen LogP contribution in [0.25, 0.3) is 5.69 Å². The van der Waals surface area contributed by atoms with E-state index in [1.807, 2.05) is 71.8 Å². The van der Waals surface area contributed by atoms with Crippen molar-refractivity contribution in [1.82, 2.24) is 14.9 Å². The molecule has 1 aliphatic rings. The first-order chi connectivity index (χ1) is 17.3. The molecule has 8 nitrogen and oxygen atoms in total. The third kappa shape index (κ3) is 4.77. The summed E-state index contributed by atoms with van der Waals surface area (Å²) in [5.74, 6) is 0.784.